The molecule has 0 amide bonds. The molecule has 3 aliphatic rings. The van der Waals surface area contributed by atoms with Crippen molar-refractivity contribution in [1.29, 1.82) is 0 Å². The van der Waals surface area contributed by atoms with E-state index in [-0.39, 0.29) is 17.5 Å². The lowest BCUT2D eigenvalue weighted by Gasteiger charge is -2.42. The molecule has 9 heteroatoms. The highest BCUT2D eigenvalue weighted by Gasteiger charge is 2.37. The maximum absolute atomic E-state index is 15.5. The average Bonchev–Trinajstić information content (AvgIpc) is 3.43. The lowest BCUT2D eigenvalue weighted by atomic mass is 9.91. The number of nitrogens with zero attached hydrogens (tertiary/aromatic N) is 3. The van der Waals surface area contributed by atoms with Crippen LogP contribution in [0.4, 0.5) is 10.1 Å². The molecule has 0 saturated carbocycles. The van der Waals surface area contributed by atoms with Gasteiger partial charge < -0.3 is 24.2 Å². The van der Waals surface area contributed by atoms with Gasteiger partial charge in [0, 0.05) is 37.0 Å². The Morgan fingerprint density at radius 1 is 1.11 bits per heavy atom. The van der Waals surface area contributed by atoms with Gasteiger partial charge in [0.25, 0.3) is 0 Å². The molecule has 2 atom stereocenters. The van der Waals surface area contributed by atoms with E-state index in [2.05, 4.69) is 11.8 Å². The predicted octanol–water partition coefficient (Wildman–Crippen LogP) is 8.38. The van der Waals surface area contributed by atoms with Crippen LogP contribution in [0.1, 0.15) is 84.0 Å². The number of hydrogen-bond acceptors (Lipinski definition) is 6. The smallest absolute Gasteiger partial charge is 0.337 e. The first kappa shape index (κ1) is 33.0. The number of aryl methyl sites for hydroxylation is 1. The number of fused-ring (bicyclic) bond motifs is 8. The molecule has 7 rings (SSSR count). The molecule has 1 fully saturated rings. The van der Waals surface area contributed by atoms with E-state index in [1.54, 1.807) is 6.07 Å². The Hall–Kier alpha value is -3.95. The number of pyridine rings is 1. The Balaban J connectivity index is 1.54. The highest BCUT2D eigenvalue weighted by atomic mass is 19.1. The number of piperidine rings is 1. The van der Waals surface area contributed by atoms with E-state index >= 15 is 4.39 Å². The highest BCUT2D eigenvalue weighted by Crippen LogP contribution is 2.42. The molecule has 0 spiro atoms. The van der Waals surface area contributed by atoms with Crippen molar-refractivity contribution in [3.8, 4) is 28.1 Å². The zero-order valence-corrected chi connectivity index (χ0v) is 28.3. The number of halogens is 1. The molecule has 4 aromatic rings. The normalized spacial score (nSPS) is 21.3. The van der Waals surface area contributed by atoms with Crippen molar-refractivity contribution in [3.63, 3.8) is 0 Å². The van der Waals surface area contributed by atoms with Gasteiger partial charge in [0.2, 0.25) is 0 Å². The standard InChI is InChI=1S/C38H46FN3O5/c1-24-23-42-30-22-29(40-42)26-12-9-13-27(21-26)33-28(39)14-10-15-31(33)46-25(2)11-7-8-20-45-38(6)16-18-41(19-17-38)34(30)32(24)35(36(43)44)47-37(3,4)5/h9-10,12-15,21-23,25,35H,7-8,11,16-20H2,1-6H3,(H,43,44). The first-order chi connectivity index (χ1) is 22.3. The quantitative estimate of drug-likeness (QED) is 0.240. The number of carboxylic acids is 1. The molecule has 1 saturated heterocycles. The van der Waals surface area contributed by atoms with Crippen molar-refractivity contribution < 1.29 is 28.5 Å². The van der Waals surface area contributed by atoms with Gasteiger partial charge in [-0.25, -0.2) is 13.7 Å². The minimum absolute atomic E-state index is 0.0886. The third-order valence-corrected chi connectivity index (χ3v) is 9.28. The lowest BCUT2D eigenvalue weighted by molar-refractivity contribution is -0.160. The Labute approximate surface area is 276 Å². The first-order valence-corrected chi connectivity index (χ1v) is 16.7. The van der Waals surface area contributed by atoms with Gasteiger partial charge in [-0.3, -0.25) is 0 Å². The highest BCUT2D eigenvalue weighted by molar-refractivity contribution is 5.87. The van der Waals surface area contributed by atoms with Crippen LogP contribution in [-0.4, -0.2) is 57.7 Å². The third kappa shape index (κ3) is 7.02. The van der Waals surface area contributed by atoms with Crippen LogP contribution in [0.2, 0.25) is 0 Å². The number of anilines is 1. The largest absolute Gasteiger partial charge is 0.490 e. The number of hydrogen-bond donors (Lipinski definition) is 1. The number of rotatable bonds is 3. The molecule has 0 aliphatic carbocycles. The third-order valence-electron chi connectivity index (χ3n) is 9.28. The van der Waals surface area contributed by atoms with Crippen LogP contribution in [-0.2, 0) is 14.3 Å². The maximum atomic E-state index is 15.5. The van der Waals surface area contributed by atoms with Gasteiger partial charge in [-0.05, 0) is 109 Å². The van der Waals surface area contributed by atoms with Crippen molar-refractivity contribution >= 4 is 17.2 Å². The zero-order chi connectivity index (χ0) is 33.5. The van der Waals surface area contributed by atoms with Crippen molar-refractivity contribution in [3.05, 3.63) is 71.7 Å². The molecule has 5 heterocycles. The van der Waals surface area contributed by atoms with E-state index in [0.29, 0.717) is 47.8 Å². The maximum Gasteiger partial charge on any atom is 0.337 e. The molecule has 47 heavy (non-hydrogen) atoms. The van der Waals surface area contributed by atoms with E-state index in [4.69, 9.17) is 19.3 Å². The minimum atomic E-state index is -1.17. The molecule has 1 N–H and O–H groups in total. The van der Waals surface area contributed by atoms with Crippen LogP contribution in [0.25, 0.3) is 27.9 Å². The molecule has 2 aromatic heterocycles. The van der Waals surface area contributed by atoms with E-state index in [0.717, 1.165) is 54.4 Å². The summed E-state index contributed by atoms with van der Waals surface area (Å²) in [6.07, 6.45) is 4.87. The van der Waals surface area contributed by atoms with Crippen LogP contribution in [0.5, 0.6) is 5.75 Å². The Morgan fingerprint density at radius 3 is 2.55 bits per heavy atom. The van der Waals surface area contributed by atoms with Crippen LogP contribution < -0.4 is 9.64 Å². The topological polar surface area (TPSA) is 85.5 Å². The van der Waals surface area contributed by atoms with Crippen molar-refractivity contribution in [2.24, 2.45) is 0 Å². The van der Waals surface area contributed by atoms with E-state index in [9.17, 15) is 9.90 Å². The summed E-state index contributed by atoms with van der Waals surface area (Å²) in [6.45, 7) is 13.8. The fourth-order valence-corrected chi connectivity index (χ4v) is 6.83. The van der Waals surface area contributed by atoms with Gasteiger partial charge in [-0.15, -0.1) is 0 Å². The molecule has 8 nitrogen and oxygen atoms in total. The summed E-state index contributed by atoms with van der Waals surface area (Å²) in [5.41, 5.74) is 4.66. The molecule has 250 valence electrons. The van der Waals surface area contributed by atoms with Gasteiger partial charge in [-0.2, -0.15) is 5.10 Å². The first-order valence-electron chi connectivity index (χ1n) is 16.7. The van der Waals surface area contributed by atoms with Crippen molar-refractivity contribution in [2.45, 2.75) is 97.1 Å². The molecule has 0 radical (unpaired) electrons. The van der Waals surface area contributed by atoms with Gasteiger partial charge in [0.15, 0.2) is 6.10 Å². The Bertz CT molecular complexity index is 1770. The zero-order valence-electron chi connectivity index (χ0n) is 28.3. The van der Waals surface area contributed by atoms with Gasteiger partial charge >= 0.3 is 5.97 Å². The molecular formula is C38H46FN3O5. The van der Waals surface area contributed by atoms with E-state index in [1.165, 1.54) is 6.07 Å². The van der Waals surface area contributed by atoms with Crippen molar-refractivity contribution in [2.75, 3.05) is 24.6 Å². The molecular weight excluding hydrogens is 597 g/mol. The summed E-state index contributed by atoms with van der Waals surface area (Å²) in [4.78, 5) is 15.1. The summed E-state index contributed by atoms with van der Waals surface area (Å²) >= 11 is 0. The summed E-state index contributed by atoms with van der Waals surface area (Å²) in [5.74, 6) is -0.880. The fraction of sp³-hybridized carbons (Fsp3) is 0.474. The summed E-state index contributed by atoms with van der Waals surface area (Å²) < 4.78 is 36.4. The van der Waals surface area contributed by atoms with Crippen LogP contribution >= 0.6 is 0 Å². The summed E-state index contributed by atoms with van der Waals surface area (Å²) in [7, 11) is 0. The average molecular weight is 644 g/mol. The SMILES string of the molecule is Cc1cn2nc3cc2c(c1C(OC(C)(C)C)C(=O)O)N1CCC(C)(CC1)OCCCCC(C)Oc1cccc(F)c1-c1cccc-3c1. The molecule has 2 aromatic carbocycles. The van der Waals surface area contributed by atoms with Crippen LogP contribution in [0.3, 0.4) is 0 Å². The predicted molar refractivity (Wildman–Crippen MR) is 182 cm³/mol. The van der Waals surface area contributed by atoms with Gasteiger partial charge in [-0.1, -0.05) is 24.3 Å². The Morgan fingerprint density at radius 2 is 1.83 bits per heavy atom. The molecule has 6 bridgehead atoms. The fourth-order valence-electron chi connectivity index (χ4n) is 6.83. The molecule has 3 aliphatic heterocycles. The van der Waals surface area contributed by atoms with E-state index in [1.807, 2.05) is 81.7 Å². The monoisotopic (exact) mass is 643 g/mol. The number of carbonyl (C=O) groups is 1. The summed E-state index contributed by atoms with van der Waals surface area (Å²) in [5, 5.41) is 15.5. The van der Waals surface area contributed by atoms with Crippen LogP contribution in [0.15, 0.2) is 54.7 Å². The van der Waals surface area contributed by atoms with Crippen LogP contribution in [0, 0.1) is 12.7 Å². The number of aromatic nitrogens is 2. The van der Waals surface area contributed by atoms with Crippen molar-refractivity contribution in [1.82, 2.24) is 9.61 Å². The second-order valence-corrected chi connectivity index (χ2v) is 14.3. The van der Waals surface area contributed by atoms with Gasteiger partial charge in [0.1, 0.15) is 11.6 Å². The Kier molecular flexibility index (Phi) is 9.06. The second-order valence-electron chi connectivity index (χ2n) is 14.3. The number of ether oxygens (including phenoxy) is 3. The van der Waals surface area contributed by atoms with E-state index < -0.39 is 17.7 Å². The van der Waals surface area contributed by atoms with Gasteiger partial charge in [0.05, 0.1) is 39.8 Å². The minimum Gasteiger partial charge on any atom is -0.490 e. The lowest BCUT2D eigenvalue weighted by Crippen LogP contribution is -2.45. The number of carboxylic acid groups (broad SMARTS) is 1. The number of benzene rings is 2. The molecule has 2 unspecified atom stereocenters. The second kappa shape index (κ2) is 12.9. The summed E-state index contributed by atoms with van der Waals surface area (Å²) in [6, 6.07) is 14.6. The number of aliphatic carboxylic acids is 1.